The van der Waals surface area contributed by atoms with Crippen molar-refractivity contribution in [3.8, 4) is 17.2 Å². The summed E-state index contributed by atoms with van der Waals surface area (Å²) in [7, 11) is 0. The molecule has 1 amide bonds. The molecule has 0 saturated carbocycles. The first-order valence-corrected chi connectivity index (χ1v) is 9.73. The molecule has 0 aromatic heterocycles. The Morgan fingerprint density at radius 1 is 1.21 bits per heavy atom. The molecular weight excluding hydrogens is 382 g/mol. The minimum Gasteiger partial charge on any atom is -0.489 e. The summed E-state index contributed by atoms with van der Waals surface area (Å²) < 4.78 is 22.6. The van der Waals surface area contributed by atoms with E-state index in [9.17, 15) is 4.79 Å². The van der Waals surface area contributed by atoms with E-state index >= 15 is 0 Å². The van der Waals surface area contributed by atoms with Crippen molar-refractivity contribution in [1.29, 1.82) is 0 Å². The van der Waals surface area contributed by atoms with Crippen molar-refractivity contribution in [2.75, 3.05) is 31.7 Å². The number of aryl methyl sites for hydroxylation is 1. The van der Waals surface area contributed by atoms with Crippen LogP contribution in [-0.4, -0.2) is 38.4 Å². The Kier molecular flexibility index (Phi) is 5.59. The van der Waals surface area contributed by atoms with Crippen molar-refractivity contribution in [3.05, 3.63) is 46.5 Å². The zero-order valence-corrected chi connectivity index (χ0v) is 16.4. The fourth-order valence-electron chi connectivity index (χ4n) is 3.25. The smallest absolute Gasteiger partial charge is 0.255 e. The third kappa shape index (κ3) is 4.18. The number of benzene rings is 2. The lowest BCUT2D eigenvalue weighted by Crippen LogP contribution is -2.19. The molecule has 4 rings (SSSR count). The van der Waals surface area contributed by atoms with E-state index in [1.165, 1.54) is 0 Å². The summed E-state index contributed by atoms with van der Waals surface area (Å²) in [6.45, 7) is 4.07. The van der Waals surface area contributed by atoms with Crippen molar-refractivity contribution in [2.45, 2.75) is 25.9 Å². The largest absolute Gasteiger partial charge is 0.489 e. The molecule has 1 fully saturated rings. The van der Waals surface area contributed by atoms with Crippen LogP contribution in [0.3, 0.4) is 0 Å². The standard InChI is InChI=1S/C21H22ClNO5/c1-13-4-5-17(18(9-13)28-12-15-3-2-6-25-15)23-21(24)14-10-16(22)20-19(11-14)26-7-8-27-20/h4-5,9-11,15H,2-3,6-8,12H2,1H3,(H,23,24). The summed E-state index contributed by atoms with van der Waals surface area (Å²) in [6.07, 6.45) is 2.14. The Balaban J connectivity index is 1.52. The van der Waals surface area contributed by atoms with Crippen molar-refractivity contribution in [2.24, 2.45) is 0 Å². The average molecular weight is 404 g/mol. The number of fused-ring (bicyclic) bond motifs is 1. The van der Waals surface area contributed by atoms with Gasteiger partial charge in [-0.3, -0.25) is 4.79 Å². The molecule has 0 radical (unpaired) electrons. The molecule has 2 heterocycles. The zero-order chi connectivity index (χ0) is 19.5. The van der Waals surface area contributed by atoms with Crippen LogP contribution in [0, 0.1) is 6.92 Å². The topological polar surface area (TPSA) is 66.0 Å². The minimum absolute atomic E-state index is 0.0978. The first kappa shape index (κ1) is 18.9. The van der Waals surface area contributed by atoms with Crippen LogP contribution in [0.1, 0.15) is 28.8 Å². The van der Waals surface area contributed by atoms with Gasteiger partial charge in [0.25, 0.3) is 5.91 Å². The van der Waals surface area contributed by atoms with Gasteiger partial charge in [0, 0.05) is 12.2 Å². The molecule has 2 aliphatic rings. The minimum atomic E-state index is -0.301. The summed E-state index contributed by atoms with van der Waals surface area (Å²) in [5.41, 5.74) is 2.03. The Bertz CT molecular complexity index is 879. The molecule has 28 heavy (non-hydrogen) atoms. The van der Waals surface area contributed by atoms with Gasteiger partial charge in [0.05, 0.1) is 16.8 Å². The molecule has 1 saturated heterocycles. The third-order valence-corrected chi connectivity index (χ3v) is 4.97. The highest BCUT2D eigenvalue weighted by molar-refractivity contribution is 6.32. The molecule has 0 spiro atoms. The number of ether oxygens (including phenoxy) is 4. The molecule has 6 nitrogen and oxygen atoms in total. The van der Waals surface area contributed by atoms with Crippen molar-refractivity contribution in [1.82, 2.24) is 0 Å². The van der Waals surface area contributed by atoms with Crippen LogP contribution in [0.15, 0.2) is 30.3 Å². The first-order valence-electron chi connectivity index (χ1n) is 9.36. The molecule has 0 bridgehead atoms. The third-order valence-electron chi connectivity index (χ3n) is 4.69. The molecule has 2 aromatic carbocycles. The molecule has 148 valence electrons. The van der Waals surface area contributed by atoms with Gasteiger partial charge in [-0.2, -0.15) is 0 Å². The molecule has 1 N–H and O–H groups in total. The summed E-state index contributed by atoms with van der Waals surface area (Å²) in [6, 6.07) is 8.87. The lowest BCUT2D eigenvalue weighted by atomic mass is 10.1. The van der Waals surface area contributed by atoms with E-state index in [1.807, 2.05) is 25.1 Å². The predicted octanol–water partition coefficient (Wildman–Crippen LogP) is 4.23. The SMILES string of the molecule is Cc1ccc(NC(=O)c2cc(Cl)c3c(c2)OCCO3)c(OCC2CCCO2)c1. The number of anilines is 1. The zero-order valence-electron chi connectivity index (χ0n) is 15.6. The van der Waals surface area contributed by atoms with Crippen LogP contribution >= 0.6 is 11.6 Å². The summed E-state index contributed by atoms with van der Waals surface area (Å²) in [4.78, 5) is 12.8. The molecule has 2 aromatic rings. The van der Waals surface area contributed by atoms with Gasteiger partial charge >= 0.3 is 0 Å². The van der Waals surface area contributed by atoms with Crippen molar-refractivity contribution < 1.29 is 23.7 Å². The summed E-state index contributed by atoms with van der Waals surface area (Å²) in [5.74, 6) is 1.26. The van der Waals surface area contributed by atoms with E-state index in [4.69, 9.17) is 30.5 Å². The van der Waals surface area contributed by atoms with E-state index in [1.54, 1.807) is 12.1 Å². The fourth-order valence-corrected chi connectivity index (χ4v) is 3.51. The Morgan fingerprint density at radius 3 is 2.89 bits per heavy atom. The Morgan fingerprint density at radius 2 is 2.07 bits per heavy atom. The van der Waals surface area contributed by atoms with Gasteiger partial charge in [-0.05, 0) is 49.6 Å². The van der Waals surface area contributed by atoms with Gasteiger partial charge in [-0.25, -0.2) is 0 Å². The van der Waals surface area contributed by atoms with E-state index < -0.39 is 0 Å². The van der Waals surface area contributed by atoms with Crippen LogP contribution in [0.4, 0.5) is 5.69 Å². The number of amides is 1. The fraction of sp³-hybridized carbons (Fsp3) is 0.381. The highest BCUT2D eigenvalue weighted by atomic mass is 35.5. The summed E-state index contributed by atoms with van der Waals surface area (Å²) in [5, 5.41) is 3.25. The number of rotatable bonds is 5. The maximum Gasteiger partial charge on any atom is 0.255 e. The number of carbonyl (C=O) groups excluding carboxylic acids is 1. The molecule has 7 heteroatoms. The molecule has 1 unspecified atom stereocenters. The quantitative estimate of drug-likeness (QED) is 0.809. The molecule has 2 aliphatic heterocycles. The van der Waals surface area contributed by atoms with Crippen LogP contribution in [-0.2, 0) is 4.74 Å². The number of carbonyl (C=O) groups is 1. The number of nitrogens with one attached hydrogen (secondary N) is 1. The van der Waals surface area contributed by atoms with Crippen LogP contribution in [0.5, 0.6) is 17.2 Å². The van der Waals surface area contributed by atoms with Gasteiger partial charge in [-0.1, -0.05) is 17.7 Å². The lowest BCUT2D eigenvalue weighted by Gasteiger charge is -2.20. The second kappa shape index (κ2) is 8.29. The number of hydrogen-bond acceptors (Lipinski definition) is 5. The van der Waals surface area contributed by atoms with Crippen LogP contribution in [0.25, 0.3) is 0 Å². The van der Waals surface area contributed by atoms with E-state index in [2.05, 4.69) is 5.32 Å². The van der Waals surface area contributed by atoms with Gasteiger partial charge < -0.3 is 24.3 Å². The van der Waals surface area contributed by atoms with Gasteiger partial charge in [0.15, 0.2) is 11.5 Å². The van der Waals surface area contributed by atoms with Gasteiger partial charge in [-0.15, -0.1) is 0 Å². The summed E-state index contributed by atoms with van der Waals surface area (Å²) >= 11 is 6.25. The number of halogens is 1. The Labute approximate surface area is 168 Å². The van der Waals surface area contributed by atoms with E-state index in [0.717, 1.165) is 25.0 Å². The maximum absolute atomic E-state index is 12.8. The van der Waals surface area contributed by atoms with E-state index in [-0.39, 0.29) is 12.0 Å². The Hall–Kier alpha value is -2.44. The highest BCUT2D eigenvalue weighted by Gasteiger charge is 2.21. The van der Waals surface area contributed by atoms with Gasteiger partial charge in [0.2, 0.25) is 0 Å². The second-order valence-corrected chi connectivity index (χ2v) is 7.29. The van der Waals surface area contributed by atoms with Crippen molar-refractivity contribution in [3.63, 3.8) is 0 Å². The molecule has 0 aliphatic carbocycles. The average Bonchev–Trinajstić information content (AvgIpc) is 3.21. The first-order chi connectivity index (χ1) is 13.6. The maximum atomic E-state index is 12.8. The normalized spacial score (nSPS) is 18.0. The predicted molar refractivity (Wildman–Crippen MR) is 106 cm³/mol. The second-order valence-electron chi connectivity index (χ2n) is 6.88. The van der Waals surface area contributed by atoms with E-state index in [0.29, 0.717) is 53.3 Å². The van der Waals surface area contributed by atoms with Crippen LogP contribution in [0.2, 0.25) is 5.02 Å². The van der Waals surface area contributed by atoms with Gasteiger partial charge in [0.1, 0.15) is 25.6 Å². The molecule has 1 atom stereocenters. The molecular formula is C21H22ClNO5. The monoisotopic (exact) mass is 403 g/mol. The number of hydrogen-bond donors (Lipinski definition) is 1. The highest BCUT2D eigenvalue weighted by Crippen LogP contribution is 2.38. The van der Waals surface area contributed by atoms with Crippen LogP contribution < -0.4 is 19.5 Å². The lowest BCUT2D eigenvalue weighted by molar-refractivity contribution is 0.0681. The van der Waals surface area contributed by atoms with Crippen molar-refractivity contribution >= 4 is 23.2 Å².